The fourth-order valence-electron chi connectivity index (χ4n) is 3.56. The van der Waals surface area contributed by atoms with Gasteiger partial charge in [0.1, 0.15) is 11.6 Å². The number of hydrogen-bond acceptors (Lipinski definition) is 6. The Morgan fingerprint density at radius 1 is 1.16 bits per heavy atom. The second-order valence-electron chi connectivity index (χ2n) is 7.28. The van der Waals surface area contributed by atoms with Crippen molar-refractivity contribution in [3.8, 4) is 17.3 Å². The maximum atomic E-state index is 13.0. The number of hydrogen-bond donors (Lipinski definition) is 1. The highest BCUT2D eigenvalue weighted by atomic mass is 19.4. The highest BCUT2D eigenvalue weighted by Crippen LogP contribution is 2.26. The summed E-state index contributed by atoms with van der Waals surface area (Å²) in [7, 11) is 0. The lowest BCUT2D eigenvalue weighted by molar-refractivity contribution is -0.274. The van der Waals surface area contributed by atoms with E-state index in [-0.39, 0.29) is 18.1 Å². The standard InChI is InChI=1S/C21H21F3N4O4/c1-14-19(29)28(16-2-4-17(5-3-16)32-21(22,23)24)20(30)27(14)13-15-6-7-25-18(12-15)26-8-10-31-11-9-26/h2-7,12,29H,8-11,13H2,1H3. The Kier molecular flexibility index (Phi) is 5.83. The van der Waals surface area contributed by atoms with Crippen LogP contribution in [0.15, 0.2) is 47.4 Å². The number of anilines is 1. The van der Waals surface area contributed by atoms with Crippen molar-refractivity contribution in [3.63, 3.8) is 0 Å². The summed E-state index contributed by atoms with van der Waals surface area (Å²) in [4.78, 5) is 19.5. The Hall–Kier alpha value is -3.47. The molecule has 0 spiro atoms. The zero-order chi connectivity index (χ0) is 22.9. The molecule has 1 saturated heterocycles. The summed E-state index contributed by atoms with van der Waals surface area (Å²) in [6.07, 6.45) is -3.15. The van der Waals surface area contributed by atoms with E-state index in [9.17, 15) is 23.1 Å². The summed E-state index contributed by atoms with van der Waals surface area (Å²) in [5.74, 6) is 0.0692. The van der Waals surface area contributed by atoms with Gasteiger partial charge in [-0.15, -0.1) is 13.2 Å². The van der Waals surface area contributed by atoms with Gasteiger partial charge in [0.2, 0.25) is 5.88 Å². The van der Waals surface area contributed by atoms with E-state index in [2.05, 4.69) is 14.6 Å². The second kappa shape index (κ2) is 8.58. The fourth-order valence-corrected chi connectivity index (χ4v) is 3.56. The quantitative estimate of drug-likeness (QED) is 0.644. The lowest BCUT2D eigenvalue weighted by atomic mass is 10.2. The van der Waals surface area contributed by atoms with Gasteiger partial charge < -0.3 is 19.5 Å². The number of morpholine rings is 1. The molecule has 1 N–H and O–H groups in total. The normalized spacial score (nSPS) is 14.6. The van der Waals surface area contributed by atoms with Crippen molar-refractivity contribution >= 4 is 5.82 Å². The molecule has 0 aliphatic carbocycles. The highest BCUT2D eigenvalue weighted by molar-refractivity contribution is 5.43. The zero-order valence-electron chi connectivity index (χ0n) is 17.2. The van der Waals surface area contributed by atoms with Crippen LogP contribution in [-0.4, -0.2) is 51.9 Å². The lowest BCUT2D eigenvalue weighted by Crippen LogP contribution is -2.36. The average Bonchev–Trinajstić information content (AvgIpc) is 2.97. The van der Waals surface area contributed by atoms with E-state index in [4.69, 9.17) is 4.74 Å². The van der Waals surface area contributed by atoms with E-state index < -0.39 is 17.8 Å². The largest absolute Gasteiger partial charge is 0.573 e. The number of nitrogens with zero attached hydrogens (tertiary/aromatic N) is 4. The van der Waals surface area contributed by atoms with Crippen LogP contribution in [0.2, 0.25) is 0 Å². The third kappa shape index (κ3) is 4.57. The van der Waals surface area contributed by atoms with Gasteiger partial charge in [-0.25, -0.2) is 14.3 Å². The maximum Gasteiger partial charge on any atom is 0.573 e. The number of imidazole rings is 1. The maximum absolute atomic E-state index is 13.0. The van der Waals surface area contributed by atoms with Crippen molar-refractivity contribution in [2.45, 2.75) is 19.8 Å². The van der Waals surface area contributed by atoms with Crippen molar-refractivity contribution in [2.24, 2.45) is 0 Å². The molecular formula is C21H21F3N4O4. The first-order valence-electron chi connectivity index (χ1n) is 9.88. The zero-order valence-corrected chi connectivity index (χ0v) is 17.2. The van der Waals surface area contributed by atoms with E-state index in [1.54, 1.807) is 19.2 Å². The Morgan fingerprint density at radius 2 is 1.84 bits per heavy atom. The predicted molar refractivity (Wildman–Crippen MR) is 109 cm³/mol. The Morgan fingerprint density at radius 3 is 2.50 bits per heavy atom. The van der Waals surface area contributed by atoms with Crippen LogP contribution in [0.1, 0.15) is 11.3 Å². The van der Waals surface area contributed by atoms with E-state index >= 15 is 0 Å². The molecule has 0 saturated carbocycles. The molecule has 1 aromatic carbocycles. The van der Waals surface area contributed by atoms with Gasteiger partial charge in [0.15, 0.2) is 0 Å². The summed E-state index contributed by atoms with van der Waals surface area (Å²) in [6.45, 7) is 4.47. The van der Waals surface area contributed by atoms with Crippen LogP contribution in [0.3, 0.4) is 0 Å². The minimum atomic E-state index is -4.81. The number of halogens is 3. The third-order valence-corrected chi connectivity index (χ3v) is 5.18. The van der Waals surface area contributed by atoms with Crippen LogP contribution in [-0.2, 0) is 11.3 Å². The fraction of sp³-hybridized carbons (Fsp3) is 0.333. The molecular weight excluding hydrogens is 429 g/mol. The number of rotatable bonds is 5. The molecule has 11 heteroatoms. The third-order valence-electron chi connectivity index (χ3n) is 5.18. The first-order chi connectivity index (χ1) is 15.2. The molecule has 3 heterocycles. The smallest absolute Gasteiger partial charge is 0.493 e. The molecule has 2 aromatic heterocycles. The minimum absolute atomic E-state index is 0.195. The van der Waals surface area contributed by atoms with Gasteiger partial charge in [0.25, 0.3) is 0 Å². The molecule has 1 aliphatic heterocycles. The summed E-state index contributed by atoms with van der Waals surface area (Å²) < 4.78 is 48.8. The van der Waals surface area contributed by atoms with Crippen LogP contribution in [0.25, 0.3) is 5.69 Å². The van der Waals surface area contributed by atoms with Gasteiger partial charge in [-0.3, -0.25) is 4.57 Å². The Bertz CT molecular complexity index is 1150. The van der Waals surface area contributed by atoms with Gasteiger partial charge in [-0.05, 0) is 48.9 Å². The van der Waals surface area contributed by atoms with E-state index in [1.165, 1.54) is 16.7 Å². The Labute approximate surface area is 181 Å². The highest BCUT2D eigenvalue weighted by Gasteiger charge is 2.31. The first-order valence-corrected chi connectivity index (χ1v) is 9.88. The lowest BCUT2D eigenvalue weighted by Gasteiger charge is -2.28. The average molecular weight is 450 g/mol. The van der Waals surface area contributed by atoms with Crippen molar-refractivity contribution < 1.29 is 27.8 Å². The molecule has 8 nitrogen and oxygen atoms in total. The van der Waals surface area contributed by atoms with Crippen molar-refractivity contribution in [2.75, 3.05) is 31.2 Å². The van der Waals surface area contributed by atoms with Gasteiger partial charge >= 0.3 is 12.1 Å². The number of aromatic hydroxyl groups is 1. The van der Waals surface area contributed by atoms with E-state index in [1.807, 2.05) is 6.07 Å². The minimum Gasteiger partial charge on any atom is -0.493 e. The van der Waals surface area contributed by atoms with Crippen LogP contribution in [0.5, 0.6) is 11.6 Å². The molecule has 1 aliphatic rings. The first kappa shape index (κ1) is 21.8. The molecule has 0 amide bonds. The number of alkyl halides is 3. The second-order valence-corrected chi connectivity index (χ2v) is 7.28. The molecule has 0 radical (unpaired) electrons. The van der Waals surface area contributed by atoms with E-state index in [0.29, 0.717) is 18.9 Å². The SMILES string of the molecule is Cc1c(O)n(-c2ccc(OC(F)(F)F)cc2)c(=O)n1Cc1ccnc(N2CCOCC2)c1. The summed E-state index contributed by atoms with van der Waals surface area (Å²) in [5.41, 5.74) is 0.843. The van der Waals surface area contributed by atoms with Gasteiger partial charge in [-0.1, -0.05) is 0 Å². The topological polar surface area (TPSA) is 81.8 Å². The van der Waals surface area contributed by atoms with Gasteiger partial charge in [0.05, 0.1) is 31.1 Å². The monoisotopic (exact) mass is 450 g/mol. The summed E-state index contributed by atoms with van der Waals surface area (Å²) in [6, 6.07) is 8.38. The van der Waals surface area contributed by atoms with Crippen molar-refractivity contribution in [1.82, 2.24) is 14.1 Å². The number of benzene rings is 1. The molecule has 170 valence electrons. The molecule has 0 bridgehead atoms. The van der Waals surface area contributed by atoms with Crippen molar-refractivity contribution in [1.29, 1.82) is 0 Å². The number of aromatic nitrogens is 3. The molecule has 3 aromatic rings. The summed E-state index contributed by atoms with van der Waals surface area (Å²) >= 11 is 0. The molecule has 32 heavy (non-hydrogen) atoms. The van der Waals surface area contributed by atoms with Gasteiger partial charge in [0, 0.05) is 19.3 Å². The molecule has 0 atom stereocenters. The molecule has 0 unspecified atom stereocenters. The number of pyridine rings is 1. The van der Waals surface area contributed by atoms with Crippen LogP contribution >= 0.6 is 0 Å². The van der Waals surface area contributed by atoms with Crippen LogP contribution < -0.4 is 15.3 Å². The predicted octanol–water partition coefficient (Wildman–Crippen LogP) is 2.83. The Balaban J connectivity index is 1.61. The molecule has 4 rings (SSSR count). The molecule has 1 fully saturated rings. The van der Waals surface area contributed by atoms with E-state index in [0.717, 1.165) is 41.2 Å². The van der Waals surface area contributed by atoms with Crippen LogP contribution in [0, 0.1) is 6.92 Å². The van der Waals surface area contributed by atoms with Gasteiger partial charge in [-0.2, -0.15) is 0 Å². The number of ether oxygens (including phenoxy) is 2. The van der Waals surface area contributed by atoms with Crippen molar-refractivity contribution in [3.05, 3.63) is 64.3 Å². The summed E-state index contributed by atoms with van der Waals surface area (Å²) in [5, 5.41) is 10.5. The van der Waals surface area contributed by atoms with Crippen LogP contribution in [0.4, 0.5) is 19.0 Å².